The highest BCUT2D eigenvalue weighted by molar-refractivity contribution is 6.00. The zero-order valence-corrected chi connectivity index (χ0v) is 11.6. The number of anilines is 2. The molecule has 0 fully saturated rings. The van der Waals surface area contributed by atoms with Gasteiger partial charge in [0.25, 0.3) is 0 Å². The molecule has 8 nitrogen and oxygen atoms in total. The molecule has 1 aliphatic heterocycles. The molecule has 2 amide bonds. The third-order valence-electron chi connectivity index (χ3n) is 2.94. The van der Waals surface area contributed by atoms with Crippen LogP contribution in [0.2, 0.25) is 0 Å². The molecule has 0 saturated heterocycles. The monoisotopic (exact) mass is 318 g/mol. The molecule has 0 bridgehead atoms. The second-order valence-electron chi connectivity index (χ2n) is 4.55. The van der Waals surface area contributed by atoms with Crippen LogP contribution < -0.4 is 25.8 Å². The van der Waals surface area contributed by atoms with Gasteiger partial charge in [0.15, 0.2) is 23.1 Å². The maximum Gasteiger partial charge on any atom is 0.410 e. The van der Waals surface area contributed by atoms with Gasteiger partial charge < -0.3 is 25.8 Å². The number of primary amides is 1. The van der Waals surface area contributed by atoms with Gasteiger partial charge in [-0.1, -0.05) is 0 Å². The minimum Gasteiger partial charge on any atom is -0.455 e. The summed E-state index contributed by atoms with van der Waals surface area (Å²) in [5.74, 6) is -0.462. The Morgan fingerprint density at radius 1 is 1.30 bits per heavy atom. The zero-order chi connectivity index (χ0) is 16.4. The number of amides is 2. The van der Waals surface area contributed by atoms with Crippen molar-refractivity contribution in [2.75, 3.05) is 17.2 Å². The largest absolute Gasteiger partial charge is 0.455 e. The van der Waals surface area contributed by atoms with Gasteiger partial charge in [-0.15, -0.1) is 0 Å². The lowest BCUT2D eigenvalue weighted by Gasteiger charge is -2.20. The number of rotatable bonds is 3. The number of nitrogens with zero attached hydrogens (tertiary/aromatic N) is 1. The van der Waals surface area contributed by atoms with Gasteiger partial charge in [0.1, 0.15) is 11.4 Å². The van der Waals surface area contributed by atoms with Crippen LogP contribution in [0.15, 0.2) is 30.5 Å². The van der Waals surface area contributed by atoms with Gasteiger partial charge in [0, 0.05) is 18.3 Å². The number of nitrogens with one attached hydrogen (secondary N) is 2. The van der Waals surface area contributed by atoms with Crippen molar-refractivity contribution in [3.05, 3.63) is 36.3 Å². The van der Waals surface area contributed by atoms with E-state index in [1.54, 1.807) is 6.07 Å². The predicted molar refractivity (Wildman–Crippen MR) is 78.0 cm³/mol. The van der Waals surface area contributed by atoms with E-state index in [0.29, 0.717) is 17.3 Å². The van der Waals surface area contributed by atoms with Crippen LogP contribution in [0, 0.1) is 5.82 Å². The number of carbonyl (C=O) groups is 2. The van der Waals surface area contributed by atoms with Crippen molar-refractivity contribution in [1.82, 2.24) is 4.98 Å². The van der Waals surface area contributed by atoms with E-state index < -0.39 is 11.9 Å². The Kier molecular flexibility index (Phi) is 3.67. The number of halogens is 1. The molecule has 2 heterocycles. The summed E-state index contributed by atoms with van der Waals surface area (Å²) in [6.07, 6.45) is 0.336. The molecule has 2 aromatic rings. The number of ether oxygens (including phenoxy) is 2. The van der Waals surface area contributed by atoms with Crippen LogP contribution in [0.3, 0.4) is 0 Å². The third kappa shape index (κ3) is 3.12. The van der Waals surface area contributed by atoms with Gasteiger partial charge in [-0.2, -0.15) is 0 Å². The number of nitrogens with two attached hydrogens (primary N) is 1. The van der Waals surface area contributed by atoms with Gasteiger partial charge in [-0.3, -0.25) is 4.79 Å². The number of carbonyl (C=O) groups excluding carboxylic acids is 2. The first-order valence-electron chi connectivity index (χ1n) is 6.50. The van der Waals surface area contributed by atoms with Gasteiger partial charge in [-0.25, -0.2) is 14.2 Å². The molecule has 0 saturated carbocycles. The Bertz CT molecular complexity index is 796. The summed E-state index contributed by atoms with van der Waals surface area (Å²) in [4.78, 5) is 26.0. The van der Waals surface area contributed by atoms with Crippen LogP contribution in [-0.2, 0) is 4.79 Å². The summed E-state index contributed by atoms with van der Waals surface area (Å²) < 4.78 is 23.9. The first-order chi connectivity index (χ1) is 11.0. The van der Waals surface area contributed by atoms with Crippen LogP contribution in [0.4, 0.5) is 20.7 Å². The minimum atomic E-state index is -1.11. The van der Waals surface area contributed by atoms with Crippen molar-refractivity contribution in [1.29, 1.82) is 0 Å². The highest BCUT2D eigenvalue weighted by atomic mass is 19.1. The lowest BCUT2D eigenvalue weighted by Crippen LogP contribution is -2.28. The molecule has 9 heteroatoms. The van der Waals surface area contributed by atoms with E-state index in [2.05, 4.69) is 20.4 Å². The maximum atomic E-state index is 13.8. The number of aromatic nitrogens is 1. The lowest BCUT2D eigenvalue weighted by atomic mass is 10.2. The zero-order valence-electron chi connectivity index (χ0n) is 11.6. The van der Waals surface area contributed by atoms with Crippen molar-refractivity contribution < 1.29 is 23.5 Å². The van der Waals surface area contributed by atoms with Crippen molar-refractivity contribution in [2.45, 2.75) is 0 Å². The maximum absolute atomic E-state index is 13.8. The van der Waals surface area contributed by atoms with Crippen LogP contribution in [0.1, 0.15) is 0 Å². The van der Waals surface area contributed by atoms with Gasteiger partial charge in [0.2, 0.25) is 5.91 Å². The number of pyridine rings is 1. The third-order valence-corrected chi connectivity index (χ3v) is 2.94. The Morgan fingerprint density at radius 2 is 2.13 bits per heavy atom. The van der Waals surface area contributed by atoms with Gasteiger partial charge >= 0.3 is 6.09 Å². The summed E-state index contributed by atoms with van der Waals surface area (Å²) in [5.41, 5.74) is 5.32. The molecule has 0 aliphatic carbocycles. The fourth-order valence-electron chi connectivity index (χ4n) is 2.00. The molecule has 0 unspecified atom stereocenters. The molecular weight excluding hydrogens is 307 g/mol. The predicted octanol–water partition coefficient (Wildman–Crippen LogP) is 1.83. The first kappa shape index (κ1) is 14.6. The number of fused-ring (bicyclic) bond motifs is 1. The quantitative estimate of drug-likeness (QED) is 0.795. The van der Waals surface area contributed by atoms with Crippen LogP contribution >= 0.6 is 0 Å². The summed E-state index contributed by atoms with van der Waals surface area (Å²) >= 11 is 0. The highest BCUT2D eigenvalue weighted by Crippen LogP contribution is 2.36. The van der Waals surface area contributed by atoms with Crippen LogP contribution in [0.25, 0.3) is 0 Å². The molecule has 4 N–H and O–H groups in total. The van der Waals surface area contributed by atoms with E-state index >= 15 is 0 Å². The number of benzene rings is 1. The van der Waals surface area contributed by atoms with Crippen molar-refractivity contribution in [2.24, 2.45) is 5.73 Å². The average molecular weight is 318 g/mol. The van der Waals surface area contributed by atoms with E-state index in [0.717, 1.165) is 6.07 Å². The van der Waals surface area contributed by atoms with E-state index in [4.69, 9.17) is 10.5 Å². The average Bonchev–Trinajstić information content (AvgIpc) is 2.49. The minimum absolute atomic E-state index is 0.0782. The van der Waals surface area contributed by atoms with E-state index in [1.165, 1.54) is 18.3 Å². The molecule has 23 heavy (non-hydrogen) atoms. The summed E-state index contributed by atoms with van der Waals surface area (Å²) in [6, 6.07) is 5.25. The molecule has 0 atom stereocenters. The Labute approximate surface area is 129 Å². The standard InChI is InChI=1S/C14H11FN4O4/c15-8-5-7(1-2-9(8)23-14(16)21)22-10-3-4-17-13-12(10)18-6-11(20)19-13/h1-5,18H,6H2,(H2,16,21)(H,17,19,20). The lowest BCUT2D eigenvalue weighted by molar-refractivity contribution is -0.114. The van der Waals surface area contributed by atoms with Crippen LogP contribution in [0.5, 0.6) is 17.2 Å². The van der Waals surface area contributed by atoms with Crippen molar-refractivity contribution in [3.63, 3.8) is 0 Å². The molecule has 0 spiro atoms. The molecule has 1 aliphatic rings. The molecule has 118 valence electrons. The fourth-order valence-corrected chi connectivity index (χ4v) is 2.00. The normalized spacial score (nSPS) is 12.7. The Balaban J connectivity index is 1.85. The smallest absolute Gasteiger partial charge is 0.410 e. The fraction of sp³-hybridized carbons (Fsp3) is 0.0714. The van der Waals surface area contributed by atoms with E-state index in [-0.39, 0.29) is 24.0 Å². The van der Waals surface area contributed by atoms with Crippen LogP contribution in [-0.4, -0.2) is 23.5 Å². The number of hydrogen-bond donors (Lipinski definition) is 3. The van der Waals surface area contributed by atoms with E-state index in [9.17, 15) is 14.0 Å². The Morgan fingerprint density at radius 3 is 2.87 bits per heavy atom. The van der Waals surface area contributed by atoms with Gasteiger partial charge in [0.05, 0.1) is 6.54 Å². The molecule has 3 rings (SSSR count). The SMILES string of the molecule is NC(=O)Oc1ccc(Oc2ccnc3c2NCC(=O)N3)cc1F. The first-order valence-corrected chi connectivity index (χ1v) is 6.50. The van der Waals surface area contributed by atoms with Crippen molar-refractivity contribution >= 4 is 23.5 Å². The van der Waals surface area contributed by atoms with Gasteiger partial charge in [-0.05, 0) is 12.1 Å². The molecule has 0 radical (unpaired) electrons. The molecule has 1 aromatic heterocycles. The van der Waals surface area contributed by atoms with Crippen molar-refractivity contribution in [3.8, 4) is 17.2 Å². The molecular formula is C14H11FN4O4. The Hall–Kier alpha value is -3.36. The second kappa shape index (κ2) is 5.79. The highest BCUT2D eigenvalue weighted by Gasteiger charge is 2.19. The molecule has 1 aromatic carbocycles. The summed E-state index contributed by atoms with van der Waals surface area (Å²) in [7, 11) is 0. The second-order valence-corrected chi connectivity index (χ2v) is 4.55. The number of hydrogen-bond acceptors (Lipinski definition) is 6. The summed E-state index contributed by atoms with van der Waals surface area (Å²) in [6.45, 7) is 0.0782. The summed E-state index contributed by atoms with van der Waals surface area (Å²) in [5, 5.41) is 5.46. The topological polar surface area (TPSA) is 116 Å². The van der Waals surface area contributed by atoms with E-state index in [1.807, 2.05) is 0 Å².